The van der Waals surface area contributed by atoms with Crippen molar-refractivity contribution >= 4 is 56.7 Å². The van der Waals surface area contributed by atoms with E-state index in [2.05, 4.69) is 26.0 Å². The van der Waals surface area contributed by atoms with Gasteiger partial charge in [-0.1, -0.05) is 50.2 Å². The third-order valence-corrected chi connectivity index (χ3v) is 5.30. The van der Waals surface area contributed by atoms with Crippen LogP contribution in [0.25, 0.3) is 0 Å². The molecular formula is C24H19BrN5O9+. The van der Waals surface area contributed by atoms with Gasteiger partial charge in [0.1, 0.15) is 12.1 Å². The number of ether oxygens (including phenoxy) is 1. The van der Waals surface area contributed by atoms with Crippen LogP contribution < -0.4 is 16.1 Å². The number of anilines is 1. The predicted molar refractivity (Wildman–Crippen MR) is 137 cm³/mol. The summed E-state index contributed by atoms with van der Waals surface area (Å²) >= 11 is 3.26. The van der Waals surface area contributed by atoms with Crippen LogP contribution in [0.15, 0.2) is 77.3 Å². The molecule has 3 rings (SSSR count). The van der Waals surface area contributed by atoms with Crippen LogP contribution in [0, 0.1) is 15.0 Å². The summed E-state index contributed by atoms with van der Waals surface area (Å²) in [5.74, 6) is -3.55. The Labute approximate surface area is 228 Å². The van der Waals surface area contributed by atoms with Gasteiger partial charge in [-0.3, -0.25) is 29.3 Å². The highest BCUT2D eigenvalue weighted by Gasteiger charge is 2.33. The molecule has 0 unspecified atom stereocenters. The number of nitrogens with zero attached hydrogens (tertiary/aromatic N) is 3. The SMILES string of the molecule is NC(=O)COC(=O)CNC(=O)c1cccc([N+](=O)ON(C(=O)c2ccccc2[N+](=O)[O-])c2cccc(Br)c2)c1. The number of rotatable bonds is 11. The molecule has 0 fully saturated rings. The van der Waals surface area contributed by atoms with E-state index in [-0.39, 0.29) is 27.4 Å². The minimum atomic E-state index is -1.01. The van der Waals surface area contributed by atoms with Gasteiger partial charge >= 0.3 is 17.6 Å². The van der Waals surface area contributed by atoms with Gasteiger partial charge in [-0.2, -0.15) is 0 Å². The van der Waals surface area contributed by atoms with Crippen molar-refractivity contribution in [3.63, 3.8) is 0 Å². The van der Waals surface area contributed by atoms with Crippen molar-refractivity contribution < 1.29 is 38.7 Å². The maximum atomic E-state index is 13.3. The summed E-state index contributed by atoms with van der Waals surface area (Å²) in [5.41, 5.74) is 3.82. The number of halogens is 1. The van der Waals surface area contributed by atoms with Crippen LogP contribution >= 0.6 is 15.9 Å². The van der Waals surface area contributed by atoms with E-state index in [1.165, 1.54) is 48.5 Å². The zero-order valence-corrected chi connectivity index (χ0v) is 21.4. The molecule has 0 bridgehead atoms. The van der Waals surface area contributed by atoms with Gasteiger partial charge in [0.15, 0.2) is 6.61 Å². The number of esters is 1. The van der Waals surface area contributed by atoms with Crippen molar-refractivity contribution in [2.24, 2.45) is 5.73 Å². The lowest BCUT2D eigenvalue weighted by Crippen LogP contribution is -2.34. The molecule has 0 saturated heterocycles. The topological polar surface area (TPSA) is 191 Å². The number of para-hydroxylation sites is 1. The van der Waals surface area contributed by atoms with E-state index in [1.54, 1.807) is 12.1 Å². The molecule has 3 amide bonds. The van der Waals surface area contributed by atoms with Gasteiger partial charge < -0.3 is 15.8 Å². The second-order valence-electron chi connectivity index (χ2n) is 7.55. The minimum Gasteiger partial charge on any atom is -0.454 e. The standard InChI is InChI=1S/C24H18BrN5O9/c25-16-6-4-7-17(12-16)28(24(34)19-9-1-2-10-20(19)29(35)36)39-30(37)18-8-3-5-15(11-18)23(33)27-13-22(32)38-14-21(26)31/h1-12H,13-14H2,(H2-,26,27,31,33)/p+1. The van der Waals surface area contributed by atoms with Gasteiger partial charge in [-0.05, 0) is 30.3 Å². The Morgan fingerprint density at radius 3 is 2.38 bits per heavy atom. The van der Waals surface area contributed by atoms with E-state index in [0.717, 1.165) is 12.1 Å². The number of hydrogen-bond donors (Lipinski definition) is 2. The molecule has 0 aliphatic carbocycles. The number of benzene rings is 3. The lowest BCUT2D eigenvalue weighted by atomic mass is 10.1. The van der Waals surface area contributed by atoms with Crippen molar-refractivity contribution in [3.8, 4) is 0 Å². The van der Waals surface area contributed by atoms with Crippen LogP contribution in [-0.2, 0) is 19.3 Å². The van der Waals surface area contributed by atoms with Crippen molar-refractivity contribution in [2.75, 3.05) is 18.2 Å². The normalized spacial score (nSPS) is 10.2. The third-order valence-electron chi connectivity index (χ3n) is 4.80. The van der Waals surface area contributed by atoms with Crippen molar-refractivity contribution in [1.29, 1.82) is 0 Å². The molecule has 15 heteroatoms. The molecule has 0 aromatic heterocycles. The first kappa shape index (κ1) is 28.4. The number of nitrogens with one attached hydrogen (secondary N) is 1. The van der Waals surface area contributed by atoms with Crippen molar-refractivity contribution in [1.82, 2.24) is 5.32 Å². The average Bonchev–Trinajstić information content (AvgIpc) is 2.93. The molecule has 39 heavy (non-hydrogen) atoms. The van der Waals surface area contributed by atoms with Gasteiger partial charge in [0.2, 0.25) is 0 Å². The third kappa shape index (κ3) is 7.65. The van der Waals surface area contributed by atoms with Crippen LogP contribution in [0.3, 0.4) is 0 Å². The first-order chi connectivity index (χ1) is 18.6. The van der Waals surface area contributed by atoms with E-state index in [1.807, 2.05) is 0 Å². The van der Waals surface area contributed by atoms with Crippen LogP contribution in [0.4, 0.5) is 17.1 Å². The number of nitrogens with two attached hydrogens (primary N) is 1. The molecule has 0 radical (unpaired) electrons. The first-order valence-corrected chi connectivity index (χ1v) is 11.7. The highest BCUT2D eigenvalue weighted by molar-refractivity contribution is 9.10. The summed E-state index contributed by atoms with van der Waals surface area (Å²) in [6.45, 7) is -1.22. The fourth-order valence-electron chi connectivity index (χ4n) is 3.07. The molecule has 0 aliphatic rings. The molecule has 0 spiro atoms. The monoisotopic (exact) mass is 600 g/mol. The first-order valence-electron chi connectivity index (χ1n) is 10.9. The Morgan fingerprint density at radius 1 is 0.974 bits per heavy atom. The van der Waals surface area contributed by atoms with Gasteiger partial charge in [0, 0.05) is 28.2 Å². The molecule has 0 heterocycles. The smallest absolute Gasteiger partial charge is 0.325 e. The molecule has 0 aliphatic heterocycles. The summed E-state index contributed by atoms with van der Waals surface area (Å²) in [6, 6.07) is 16.3. The van der Waals surface area contributed by atoms with E-state index >= 15 is 0 Å². The van der Waals surface area contributed by atoms with Gasteiger partial charge in [0.25, 0.3) is 22.4 Å². The van der Waals surface area contributed by atoms with Gasteiger partial charge in [0.05, 0.1) is 15.5 Å². The zero-order valence-electron chi connectivity index (χ0n) is 19.8. The number of primary amides is 1. The molecule has 200 valence electrons. The van der Waals surface area contributed by atoms with Crippen LogP contribution in [0.5, 0.6) is 0 Å². The zero-order chi connectivity index (χ0) is 28.5. The second-order valence-corrected chi connectivity index (χ2v) is 8.47. The molecule has 3 aromatic rings. The predicted octanol–water partition coefficient (Wildman–Crippen LogP) is 2.72. The largest absolute Gasteiger partial charge is 0.454 e. The number of carbonyl (C=O) groups excluding carboxylic acids is 4. The number of amides is 3. The number of hydrogen-bond acceptors (Lipinski definition) is 9. The van der Waals surface area contributed by atoms with E-state index in [0.29, 0.717) is 9.54 Å². The van der Waals surface area contributed by atoms with Crippen molar-refractivity contribution in [2.45, 2.75) is 0 Å². The van der Waals surface area contributed by atoms with Crippen LogP contribution in [-0.4, -0.2) is 46.7 Å². The van der Waals surface area contributed by atoms with Crippen molar-refractivity contribution in [3.05, 3.63) is 103 Å². The highest BCUT2D eigenvalue weighted by atomic mass is 79.9. The molecule has 0 atom stereocenters. The summed E-state index contributed by atoms with van der Waals surface area (Å²) in [7, 11) is 0. The number of nitro groups is 1. The Balaban J connectivity index is 1.84. The van der Waals surface area contributed by atoms with Crippen LogP contribution in [0.1, 0.15) is 20.7 Å². The molecule has 3 aromatic carbocycles. The van der Waals surface area contributed by atoms with E-state index in [4.69, 9.17) is 10.7 Å². The maximum Gasteiger partial charge on any atom is 0.325 e. The molecule has 0 saturated carbocycles. The fraction of sp³-hybridized carbons (Fsp3) is 0.0833. The number of hydroxylamine groups is 1. The maximum absolute atomic E-state index is 13.3. The average molecular weight is 601 g/mol. The Bertz CT molecular complexity index is 1460. The quantitative estimate of drug-likeness (QED) is 0.189. The lowest BCUT2D eigenvalue weighted by Gasteiger charge is -2.15. The lowest BCUT2D eigenvalue weighted by molar-refractivity contribution is -0.745. The Morgan fingerprint density at radius 2 is 1.69 bits per heavy atom. The summed E-state index contributed by atoms with van der Waals surface area (Å²) in [5, 5.41) is 14.3. The number of carbonyl (C=O) groups is 4. The molecule has 3 N–H and O–H groups in total. The molecular weight excluding hydrogens is 582 g/mol. The minimum absolute atomic E-state index is 0.0568. The van der Waals surface area contributed by atoms with Crippen LogP contribution in [0.2, 0.25) is 0 Å². The van der Waals surface area contributed by atoms with Gasteiger partial charge in [-0.15, -0.1) is 0 Å². The summed E-state index contributed by atoms with van der Waals surface area (Å²) in [6.07, 6.45) is 0. The fourth-order valence-corrected chi connectivity index (χ4v) is 3.45. The Kier molecular flexibility index (Phi) is 9.37. The summed E-state index contributed by atoms with van der Waals surface area (Å²) < 4.78 is 5.06. The summed E-state index contributed by atoms with van der Waals surface area (Å²) in [4.78, 5) is 76.9. The van der Waals surface area contributed by atoms with E-state index < -0.39 is 47.5 Å². The van der Waals surface area contributed by atoms with E-state index in [9.17, 15) is 34.2 Å². The van der Waals surface area contributed by atoms with Gasteiger partial charge in [-0.25, -0.2) is 0 Å². The number of nitro benzene ring substituents is 1. The highest BCUT2D eigenvalue weighted by Crippen LogP contribution is 2.27. The Hall–Kier alpha value is -5.18. The second kappa shape index (κ2) is 12.9. The molecule has 14 nitrogen and oxygen atoms in total.